The van der Waals surface area contributed by atoms with Gasteiger partial charge in [0.1, 0.15) is 17.1 Å². The molecule has 3 aromatic heterocycles. The lowest BCUT2D eigenvalue weighted by atomic mass is 10.1. The number of ether oxygens (including phenoxy) is 1. The van der Waals surface area contributed by atoms with Crippen molar-refractivity contribution in [3.63, 3.8) is 0 Å². The molecule has 0 saturated carbocycles. The van der Waals surface area contributed by atoms with Gasteiger partial charge in [-0.15, -0.1) is 24.5 Å². The Hall–Kier alpha value is -3.47. The number of aromatic nitrogens is 4. The average molecular weight is 433 g/mol. The van der Waals surface area contributed by atoms with Crippen LogP contribution in [-0.4, -0.2) is 31.9 Å². The van der Waals surface area contributed by atoms with Crippen molar-refractivity contribution < 1.29 is 22.7 Å². The number of nitrogens with zero attached hydrogens (tertiary/aromatic N) is 4. The first-order valence-electron chi connectivity index (χ1n) is 8.66. The Bertz CT molecular complexity index is 1250. The Morgan fingerprint density at radius 1 is 1.17 bits per heavy atom. The van der Waals surface area contributed by atoms with E-state index >= 15 is 0 Å². The fourth-order valence-corrected chi connectivity index (χ4v) is 3.74. The van der Waals surface area contributed by atoms with E-state index in [2.05, 4.69) is 25.1 Å². The summed E-state index contributed by atoms with van der Waals surface area (Å²) in [5.41, 5.74) is 1.27. The topological polar surface area (TPSA) is 81.4 Å². The van der Waals surface area contributed by atoms with Crippen LogP contribution >= 0.6 is 11.3 Å². The predicted molar refractivity (Wildman–Crippen MR) is 105 cm³/mol. The molecular formula is C19H14F3N5O2S. The van der Waals surface area contributed by atoms with Crippen LogP contribution in [0.4, 0.5) is 18.9 Å². The summed E-state index contributed by atoms with van der Waals surface area (Å²) in [4.78, 5) is 22.0. The molecule has 0 radical (unpaired) electrons. The fraction of sp³-hybridized carbons (Fsp3) is 0.158. The molecule has 1 aromatic carbocycles. The summed E-state index contributed by atoms with van der Waals surface area (Å²) < 4.78 is 43.7. The van der Waals surface area contributed by atoms with Crippen molar-refractivity contribution in [2.45, 2.75) is 20.2 Å². The third-order valence-electron chi connectivity index (χ3n) is 4.12. The van der Waals surface area contributed by atoms with E-state index in [1.54, 1.807) is 19.9 Å². The van der Waals surface area contributed by atoms with Crippen molar-refractivity contribution in [1.82, 2.24) is 19.6 Å². The number of thiazole rings is 1. The minimum absolute atomic E-state index is 0.154. The van der Waals surface area contributed by atoms with E-state index in [9.17, 15) is 18.0 Å². The second-order valence-corrected chi connectivity index (χ2v) is 7.68. The van der Waals surface area contributed by atoms with E-state index < -0.39 is 12.3 Å². The van der Waals surface area contributed by atoms with Crippen molar-refractivity contribution in [2.75, 3.05) is 5.32 Å². The van der Waals surface area contributed by atoms with E-state index in [-0.39, 0.29) is 22.7 Å². The molecule has 0 aliphatic rings. The number of carbonyl (C=O) groups excluding carboxylic acids is 1. The van der Waals surface area contributed by atoms with Crippen LogP contribution in [0.5, 0.6) is 5.75 Å². The molecule has 154 valence electrons. The van der Waals surface area contributed by atoms with Gasteiger partial charge in [0.05, 0.1) is 16.9 Å². The molecule has 0 bridgehead atoms. The SMILES string of the molecule is Cc1nc(C(=O)Nc2cnn3ccc(-c4ccccc4OC(F)(F)F)nc23)c(C)s1. The second-order valence-electron chi connectivity index (χ2n) is 6.27. The normalized spacial score (nSPS) is 11.6. The molecule has 3 heterocycles. The van der Waals surface area contributed by atoms with Crippen LogP contribution < -0.4 is 10.1 Å². The maximum absolute atomic E-state index is 12.7. The van der Waals surface area contributed by atoms with Crippen molar-refractivity contribution in [3.8, 4) is 17.0 Å². The lowest BCUT2D eigenvalue weighted by Crippen LogP contribution is -2.17. The number of rotatable bonds is 4. The van der Waals surface area contributed by atoms with Crippen molar-refractivity contribution in [3.05, 3.63) is 58.3 Å². The molecule has 1 amide bonds. The number of anilines is 1. The molecule has 0 unspecified atom stereocenters. The number of fused-ring (bicyclic) bond motifs is 1. The van der Waals surface area contributed by atoms with E-state index in [0.717, 1.165) is 9.88 Å². The molecule has 4 aromatic rings. The van der Waals surface area contributed by atoms with Crippen LogP contribution in [0.2, 0.25) is 0 Å². The van der Waals surface area contributed by atoms with E-state index in [1.165, 1.54) is 52.5 Å². The number of benzene rings is 1. The molecule has 0 saturated heterocycles. The molecular weight excluding hydrogens is 419 g/mol. The number of hydrogen-bond acceptors (Lipinski definition) is 6. The molecule has 4 rings (SSSR count). The van der Waals surface area contributed by atoms with Crippen LogP contribution in [0.25, 0.3) is 16.9 Å². The molecule has 0 aliphatic carbocycles. The number of para-hydroxylation sites is 1. The van der Waals surface area contributed by atoms with Crippen LogP contribution in [0.15, 0.2) is 42.7 Å². The van der Waals surface area contributed by atoms with Gasteiger partial charge in [0.15, 0.2) is 5.65 Å². The lowest BCUT2D eigenvalue weighted by Gasteiger charge is -2.13. The third kappa shape index (κ3) is 3.96. The maximum Gasteiger partial charge on any atom is 0.573 e. The molecule has 0 aliphatic heterocycles. The largest absolute Gasteiger partial charge is 0.573 e. The summed E-state index contributed by atoms with van der Waals surface area (Å²) in [6, 6.07) is 7.21. The lowest BCUT2D eigenvalue weighted by molar-refractivity contribution is -0.274. The highest BCUT2D eigenvalue weighted by Gasteiger charge is 2.32. The standard InChI is InChI=1S/C19H14F3N5O2S/c1-10-16(24-11(2)30-10)18(28)26-14-9-23-27-8-7-13(25-17(14)27)12-5-3-4-6-15(12)29-19(20,21)22/h3-9H,1-2H3,(H,26,28). The summed E-state index contributed by atoms with van der Waals surface area (Å²) in [6.45, 7) is 3.60. The number of nitrogens with one attached hydrogen (secondary N) is 1. The van der Waals surface area contributed by atoms with Gasteiger partial charge >= 0.3 is 6.36 Å². The number of amides is 1. The molecule has 7 nitrogen and oxygen atoms in total. The number of carbonyl (C=O) groups is 1. The molecule has 1 N–H and O–H groups in total. The Morgan fingerprint density at radius 3 is 2.63 bits per heavy atom. The smallest absolute Gasteiger partial charge is 0.405 e. The van der Waals surface area contributed by atoms with Crippen LogP contribution in [0, 0.1) is 13.8 Å². The highest BCUT2D eigenvalue weighted by atomic mass is 32.1. The van der Waals surface area contributed by atoms with Gasteiger partial charge < -0.3 is 10.1 Å². The van der Waals surface area contributed by atoms with Crippen LogP contribution in [0.1, 0.15) is 20.4 Å². The van der Waals surface area contributed by atoms with E-state index in [0.29, 0.717) is 11.4 Å². The summed E-state index contributed by atoms with van der Waals surface area (Å²) in [5, 5.41) is 7.60. The van der Waals surface area contributed by atoms with Crippen molar-refractivity contribution in [1.29, 1.82) is 0 Å². The number of halogens is 3. The van der Waals surface area contributed by atoms with Gasteiger partial charge in [-0.05, 0) is 32.0 Å². The first-order chi connectivity index (χ1) is 14.2. The van der Waals surface area contributed by atoms with Gasteiger partial charge in [-0.1, -0.05) is 12.1 Å². The van der Waals surface area contributed by atoms with E-state index in [1.807, 2.05) is 0 Å². The minimum atomic E-state index is -4.83. The Kier molecular flexibility index (Phi) is 4.90. The first-order valence-corrected chi connectivity index (χ1v) is 9.48. The summed E-state index contributed by atoms with van der Waals surface area (Å²) in [7, 11) is 0. The summed E-state index contributed by atoms with van der Waals surface area (Å²) in [6.07, 6.45) is -1.88. The molecule has 0 spiro atoms. The molecule has 11 heteroatoms. The molecule has 30 heavy (non-hydrogen) atoms. The Labute approximate surface area is 172 Å². The van der Waals surface area contributed by atoms with Crippen LogP contribution in [-0.2, 0) is 0 Å². The van der Waals surface area contributed by atoms with Gasteiger partial charge in [0, 0.05) is 16.6 Å². The van der Waals surface area contributed by atoms with Gasteiger partial charge in [0.2, 0.25) is 0 Å². The van der Waals surface area contributed by atoms with E-state index in [4.69, 9.17) is 0 Å². The summed E-state index contributed by atoms with van der Waals surface area (Å²) >= 11 is 1.41. The maximum atomic E-state index is 12.7. The predicted octanol–water partition coefficient (Wildman–Crippen LogP) is 4.62. The zero-order valence-electron chi connectivity index (χ0n) is 15.7. The summed E-state index contributed by atoms with van der Waals surface area (Å²) in [5.74, 6) is -0.791. The third-order valence-corrected chi connectivity index (χ3v) is 5.01. The highest BCUT2D eigenvalue weighted by Crippen LogP contribution is 2.33. The average Bonchev–Trinajstić information content (AvgIpc) is 3.23. The van der Waals surface area contributed by atoms with Gasteiger partial charge in [-0.2, -0.15) is 5.10 Å². The fourth-order valence-electron chi connectivity index (χ4n) is 2.92. The van der Waals surface area contributed by atoms with Gasteiger partial charge in [-0.25, -0.2) is 14.5 Å². The quantitative estimate of drug-likeness (QED) is 0.508. The van der Waals surface area contributed by atoms with Gasteiger partial charge in [0.25, 0.3) is 5.91 Å². The minimum Gasteiger partial charge on any atom is -0.405 e. The Morgan fingerprint density at radius 2 is 1.93 bits per heavy atom. The molecule has 0 atom stereocenters. The monoisotopic (exact) mass is 433 g/mol. The number of hydrogen-bond donors (Lipinski definition) is 1. The number of aryl methyl sites for hydroxylation is 2. The zero-order chi connectivity index (χ0) is 21.5. The van der Waals surface area contributed by atoms with Gasteiger partial charge in [-0.3, -0.25) is 4.79 Å². The first kappa shape index (κ1) is 19.8. The van der Waals surface area contributed by atoms with Crippen LogP contribution in [0.3, 0.4) is 0 Å². The Balaban J connectivity index is 1.71. The highest BCUT2D eigenvalue weighted by molar-refractivity contribution is 7.11. The zero-order valence-corrected chi connectivity index (χ0v) is 16.5. The van der Waals surface area contributed by atoms with Crippen molar-refractivity contribution in [2.24, 2.45) is 0 Å². The van der Waals surface area contributed by atoms with Crippen molar-refractivity contribution >= 4 is 28.6 Å². The number of alkyl halides is 3. The second kappa shape index (κ2) is 7.41. The molecule has 0 fully saturated rings.